The number of carbonyl (C=O) groups excluding carboxylic acids is 2. The number of anilines is 1. The number of aryl methyl sites for hydroxylation is 1. The Balaban J connectivity index is 1.38. The molecular weight excluding hydrogens is 557 g/mol. The average molecular weight is 590 g/mol. The number of aromatic nitrogens is 2. The number of hydrogen-bond donors (Lipinski definition) is 2. The first kappa shape index (κ1) is 29.7. The molecule has 12 heteroatoms. The van der Waals surface area contributed by atoms with Gasteiger partial charge in [-0.05, 0) is 68.6 Å². The van der Waals surface area contributed by atoms with E-state index in [0.717, 1.165) is 24.5 Å². The second-order valence-electron chi connectivity index (χ2n) is 11.1. The van der Waals surface area contributed by atoms with Crippen LogP contribution >= 0.6 is 0 Å². The minimum atomic E-state index is -4.58. The zero-order valence-electron chi connectivity index (χ0n) is 23.3. The van der Waals surface area contributed by atoms with Crippen molar-refractivity contribution in [3.63, 3.8) is 0 Å². The molecule has 1 aliphatic carbocycles. The fourth-order valence-corrected chi connectivity index (χ4v) is 5.95. The minimum Gasteiger partial charge on any atom is -0.339 e. The highest BCUT2D eigenvalue weighted by molar-refractivity contribution is 6.01. The lowest BCUT2D eigenvalue weighted by Gasteiger charge is -2.34. The van der Waals surface area contributed by atoms with Crippen LogP contribution in [0.3, 0.4) is 0 Å². The van der Waals surface area contributed by atoms with Crippen LogP contribution in [0.15, 0.2) is 48.7 Å². The van der Waals surface area contributed by atoms with Crippen LogP contribution in [0.1, 0.15) is 53.1 Å². The Hall–Kier alpha value is -3.80. The van der Waals surface area contributed by atoms with E-state index in [1.165, 1.54) is 31.2 Å². The van der Waals surface area contributed by atoms with Crippen LogP contribution in [0.5, 0.6) is 0 Å². The highest BCUT2D eigenvalue weighted by Crippen LogP contribution is 2.40. The lowest BCUT2D eigenvalue weighted by Crippen LogP contribution is -2.51. The SMILES string of the molecule is Cc1nccc(C(F)(F)F)c1-c1ccc(NC(=O)[C@@H](NC(=O)c2ccc3n2CCN(C)C3)[C@H]2CCCC(F)(F)C2)cc1. The van der Waals surface area contributed by atoms with Crippen molar-refractivity contribution in [3.8, 4) is 11.1 Å². The molecule has 5 rings (SSSR count). The summed E-state index contributed by atoms with van der Waals surface area (Å²) >= 11 is 0. The van der Waals surface area contributed by atoms with E-state index in [2.05, 4.69) is 20.5 Å². The standard InChI is InChI=1S/C30H32F5N5O2/c1-18-25(23(11-13-36-18)30(33,34)35)19-5-7-21(8-6-19)37-28(42)26(20-4-3-12-29(31,32)16-20)38-27(41)24-10-9-22-17-39(2)14-15-40(22)24/h5-11,13,20,26H,3-4,12,14-17H2,1-2H3,(H,37,42)(H,38,41)/t20-,26-/m0/s1. The number of hydrogen-bond acceptors (Lipinski definition) is 4. The number of alkyl halides is 5. The third-order valence-electron chi connectivity index (χ3n) is 8.05. The van der Waals surface area contributed by atoms with E-state index in [9.17, 15) is 31.5 Å². The summed E-state index contributed by atoms with van der Waals surface area (Å²) in [5, 5.41) is 5.40. The van der Waals surface area contributed by atoms with Gasteiger partial charge in [0.2, 0.25) is 11.8 Å². The molecule has 224 valence electrons. The van der Waals surface area contributed by atoms with E-state index >= 15 is 0 Å². The summed E-state index contributed by atoms with van der Waals surface area (Å²) in [5.74, 6) is -4.95. The molecule has 1 fully saturated rings. The Kier molecular flexibility index (Phi) is 8.10. The number of rotatable bonds is 6. The van der Waals surface area contributed by atoms with Crippen LogP contribution in [-0.2, 0) is 24.1 Å². The molecule has 0 saturated heterocycles. The zero-order chi connectivity index (χ0) is 30.2. The van der Waals surface area contributed by atoms with E-state index in [0.29, 0.717) is 25.2 Å². The topological polar surface area (TPSA) is 79.3 Å². The Morgan fingerprint density at radius 3 is 2.50 bits per heavy atom. The first-order chi connectivity index (χ1) is 19.8. The third-order valence-corrected chi connectivity index (χ3v) is 8.05. The molecule has 7 nitrogen and oxygen atoms in total. The van der Waals surface area contributed by atoms with Gasteiger partial charge < -0.3 is 15.2 Å². The predicted molar refractivity (Wildman–Crippen MR) is 147 cm³/mol. The smallest absolute Gasteiger partial charge is 0.339 e. The van der Waals surface area contributed by atoms with Crippen molar-refractivity contribution in [1.29, 1.82) is 0 Å². The Bertz CT molecular complexity index is 1470. The van der Waals surface area contributed by atoms with Gasteiger partial charge in [-0.15, -0.1) is 0 Å². The summed E-state index contributed by atoms with van der Waals surface area (Å²) in [6.07, 6.45) is -3.75. The molecule has 0 bridgehead atoms. The summed E-state index contributed by atoms with van der Waals surface area (Å²) < 4.78 is 71.5. The highest BCUT2D eigenvalue weighted by Gasteiger charge is 2.42. The Morgan fingerprint density at radius 1 is 1.07 bits per heavy atom. The van der Waals surface area contributed by atoms with E-state index < -0.39 is 47.9 Å². The maximum atomic E-state index is 14.4. The van der Waals surface area contributed by atoms with Gasteiger partial charge in [0.1, 0.15) is 11.7 Å². The third kappa shape index (κ3) is 6.33. The summed E-state index contributed by atoms with van der Waals surface area (Å²) in [6, 6.07) is 8.92. The molecule has 0 radical (unpaired) electrons. The number of nitrogens with one attached hydrogen (secondary N) is 2. The largest absolute Gasteiger partial charge is 0.417 e. The molecule has 2 aromatic heterocycles. The number of amides is 2. The van der Waals surface area contributed by atoms with E-state index in [4.69, 9.17) is 0 Å². The van der Waals surface area contributed by atoms with Crippen LogP contribution in [0.4, 0.5) is 27.6 Å². The second kappa shape index (κ2) is 11.5. The first-order valence-corrected chi connectivity index (χ1v) is 13.8. The molecule has 0 unspecified atom stereocenters. The van der Waals surface area contributed by atoms with E-state index in [1.54, 1.807) is 6.07 Å². The summed E-state index contributed by atoms with van der Waals surface area (Å²) in [4.78, 5) is 33.0. The normalized spacial score (nSPS) is 19.5. The number of likely N-dealkylation sites (N-methyl/N-ethyl adjacent to an activating group) is 1. The molecule has 2 amide bonds. The second-order valence-corrected chi connectivity index (χ2v) is 11.1. The van der Waals surface area contributed by atoms with Gasteiger partial charge in [0, 0.05) is 61.3 Å². The zero-order valence-corrected chi connectivity index (χ0v) is 23.3. The monoisotopic (exact) mass is 589 g/mol. The number of fused-ring (bicyclic) bond motifs is 1. The maximum absolute atomic E-state index is 14.4. The fourth-order valence-electron chi connectivity index (χ4n) is 5.95. The van der Waals surface area contributed by atoms with Crippen molar-refractivity contribution in [2.75, 3.05) is 18.9 Å². The van der Waals surface area contributed by atoms with Gasteiger partial charge in [-0.2, -0.15) is 13.2 Å². The van der Waals surface area contributed by atoms with Crippen molar-refractivity contribution >= 4 is 17.5 Å². The van der Waals surface area contributed by atoms with Crippen molar-refractivity contribution in [1.82, 2.24) is 19.8 Å². The highest BCUT2D eigenvalue weighted by atomic mass is 19.4. The van der Waals surface area contributed by atoms with Crippen molar-refractivity contribution in [3.05, 3.63) is 71.3 Å². The van der Waals surface area contributed by atoms with Gasteiger partial charge in [0.05, 0.1) is 5.56 Å². The predicted octanol–water partition coefficient (Wildman–Crippen LogP) is 5.89. The Morgan fingerprint density at radius 2 is 1.81 bits per heavy atom. The molecule has 2 aliphatic rings. The molecule has 2 atom stereocenters. The van der Waals surface area contributed by atoms with Crippen LogP contribution in [-0.4, -0.2) is 51.8 Å². The fraction of sp³-hybridized carbons (Fsp3) is 0.433. The van der Waals surface area contributed by atoms with E-state index in [-0.39, 0.29) is 35.3 Å². The summed E-state index contributed by atoms with van der Waals surface area (Å²) in [7, 11) is 1.97. The van der Waals surface area contributed by atoms with Gasteiger partial charge in [-0.25, -0.2) is 8.78 Å². The maximum Gasteiger partial charge on any atom is 0.417 e. The summed E-state index contributed by atoms with van der Waals surface area (Å²) in [6.45, 7) is 3.46. The molecule has 42 heavy (non-hydrogen) atoms. The molecule has 1 saturated carbocycles. The van der Waals surface area contributed by atoms with E-state index in [1.807, 2.05) is 17.7 Å². The van der Waals surface area contributed by atoms with Gasteiger partial charge in [0.25, 0.3) is 5.91 Å². The van der Waals surface area contributed by atoms with Gasteiger partial charge in [-0.3, -0.25) is 19.5 Å². The summed E-state index contributed by atoms with van der Waals surface area (Å²) in [5.41, 5.74) is 1.11. The molecule has 1 aromatic carbocycles. The molecular formula is C30H32F5N5O2. The molecule has 3 heterocycles. The van der Waals surface area contributed by atoms with Crippen molar-refractivity contribution in [2.24, 2.45) is 5.92 Å². The van der Waals surface area contributed by atoms with Crippen LogP contribution in [0, 0.1) is 12.8 Å². The average Bonchev–Trinajstić information content (AvgIpc) is 3.34. The van der Waals surface area contributed by atoms with Crippen molar-refractivity contribution < 1.29 is 31.5 Å². The molecule has 3 aromatic rings. The molecule has 2 N–H and O–H groups in total. The molecule has 1 aliphatic heterocycles. The number of carbonyl (C=O) groups is 2. The number of halogens is 5. The van der Waals surface area contributed by atoms with Crippen molar-refractivity contribution in [2.45, 2.75) is 63.8 Å². The van der Waals surface area contributed by atoms with Gasteiger partial charge >= 0.3 is 6.18 Å². The van der Waals surface area contributed by atoms with Crippen LogP contribution in [0.2, 0.25) is 0 Å². The van der Waals surface area contributed by atoms with Gasteiger partial charge in [0.15, 0.2) is 0 Å². The first-order valence-electron chi connectivity index (χ1n) is 13.8. The van der Waals surface area contributed by atoms with Gasteiger partial charge in [-0.1, -0.05) is 12.1 Å². The van der Waals surface area contributed by atoms with Crippen LogP contribution < -0.4 is 10.6 Å². The number of pyridine rings is 1. The lowest BCUT2D eigenvalue weighted by atomic mass is 9.81. The number of benzene rings is 1. The molecule has 0 spiro atoms. The van der Waals surface area contributed by atoms with Crippen LogP contribution in [0.25, 0.3) is 11.1 Å². The number of nitrogens with zero attached hydrogens (tertiary/aromatic N) is 3. The lowest BCUT2D eigenvalue weighted by molar-refractivity contribution is -0.137. The minimum absolute atomic E-state index is 0.0702. The quantitative estimate of drug-likeness (QED) is 0.352. The Labute approximate surface area is 240 Å².